The Kier molecular flexibility index (Phi) is 8.30. The van der Waals surface area contributed by atoms with Crippen LogP contribution in [-0.2, 0) is 28.9 Å². The summed E-state index contributed by atoms with van der Waals surface area (Å²) in [6.07, 6.45) is 4.27. The maximum Gasteiger partial charge on any atom is 0.230 e. The second-order valence-corrected chi connectivity index (χ2v) is 10.6. The lowest BCUT2D eigenvalue weighted by Gasteiger charge is -2.31. The molecule has 0 bridgehead atoms. The fraction of sp³-hybridized carbons (Fsp3) is 0.296. The molecule has 11 heteroatoms. The maximum atomic E-state index is 12.4. The molecule has 0 unspecified atom stereocenters. The predicted octanol–water partition coefficient (Wildman–Crippen LogP) is 4.30. The number of benzene rings is 1. The van der Waals surface area contributed by atoms with E-state index in [0.717, 1.165) is 53.0 Å². The number of aromatic nitrogens is 5. The molecule has 194 valence electrons. The highest BCUT2D eigenvalue weighted by atomic mass is 35.5. The van der Waals surface area contributed by atoms with Gasteiger partial charge in [0.1, 0.15) is 15.8 Å². The molecule has 5 rings (SSSR count). The molecule has 1 aliphatic rings. The van der Waals surface area contributed by atoms with E-state index in [1.165, 1.54) is 11.3 Å². The largest absolute Gasteiger partial charge is 0.355 e. The zero-order valence-corrected chi connectivity index (χ0v) is 22.2. The van der Waals surface area contributed by atoms with Crippen LogP contribution in [0.1, 0.15) is 40.0 Å². The van der Waals surface area contributed by atoms with Gasteiger partial charge in [-0.1, -0.05) is 35.9 Å². The summed E-state index contributed by atoms with van der Waals surface area (Å²) in [5, 5.41) is 22.2. The Morgan fingerprint density at radius 2 is 1.74 bits per heavy atom. The van der Waals surface area contributed by atoms with Crippen molar-refractivity contribution in [3.63, 3.8) is 0 Å². The molecule has 0 saturated carbocycles. The summed E-state index contributed by atoms with van der Waals surface area (Å²) in [6, 6.07) is 16.5. The van der Waals surface area contributed by atoms with Crippen LogP contribution in [0.15, 0.2) is 60.8 Å². The van der Waals surface area contributed by atoms with Crippen molar-refractivity contribution >= 4 is 46.3 Å². The second-order valence-electron chi connectivity index (χ2n) is 9.10. The van der Waals surface area contributed by atoms with Crippen molar-refractivity contribution in [2.45, 2.75) is 38.0 Å². The van der Waals surface area contributed by atoms with Gasteiger partial charge >= 0.3 is 0 Å². The first-order chi connectivity index (χ1) is 18.5. The molecule has 0 radical (unpaired) electrons. The van der Waals surface area contributed by atoms with E-state index in [4.69, 9.17) is 11.6 Å². The van der Waals surface area contributed by atoms with Gasteiger partial charge in [-0.25, -0.2) is 0 Å². The Balaban J connectivity index is 1.09. The summed E-state index contributed by atoms with van der Waals surface area (Å²) in [6.45, 7) is 1.62. The highest BCUT2D eigenvalue weighted by Gasteiger charge is 2.25. The molecule has 1 amide bonds. The van der Waals surface area contributed by atoms with E-state index in [-0.39, 0.29) is 24.5 Å². The van der Waals surface area contributed by atoms with Crippen LogP contribution in [0.2, 0.25) is 5.02 Å². The number of hydrogen-bond acceptors (Lipinski definition) is 9. The molecule has 3 aromatic heterocycles. The molecular weight excluding hydrogens is 522 g/mol. The molecule has 4 heterocycles. The Morgan fingerprint density at radius 3 is 2.47 bits per heavy atom. The van der Waals surface area contributed by atoms with Crippen molar-refractivity contribution < 1.29 is 9.59 Å². The Bertz CT molecular complexity index is 1390. The smallest absolute Gasteiger partial charge is 0.230 e. The average Bonchev–Trinajstić information content (AvgIpc) is 3.39. The summed E-state index contributed by atoms with van der Waals surface area (Å²) in [4.78, 5) is 31.1. The molecule has 0 aliphatic carbocycles. The molecule has 9 nitrogen and oxygen atoms in total. The molecule has 1 aromatic carbocycles. The predicted molar refractivity (Wildman–Crippen MR) is 147 cm³/mol. The molecule has 0 atom stereocenters. The number of rotatable bonds is 9. The fourth-order valence-corrected chi connectivity index (χ4v) is 5.60. The minimum Gasteiger partial charge on any atom is -0.355 e. The van der Waals surface area contributed by atoms with Gasteiger partial charge in [-0.15, -0.1) is 31.7 Å². The summed E-state index contributed by atoms with van der Waals surface area (Å²) in [7, 11) is 0. The number of carbonyl (C=O) groups excluding carboxylic acids is 2. The van der Waals surface area contributed by atoms with E-state index < -0.39 is 0 Å². The summed E-state index contributed by atoms with van der Waals surface area (Å²) < 4.78 is 0. The topological polar surface area (TPSA) is 114 Å². The summed E-state index contributed by atoms with van der Waals surface area (Å²) >= 11 is 7.67. The number of nitrogens with zero attached hydrogens (tertiary/aromatic N) is 6. The number of pyridine rings is 1. The van der Waals surface area contributed by atoms with Crippen LogP contribution in [0.25, 0.3) is 0 Å². The number of anilines is 2. The molecule has 38 heavy (non-hydrogen) atoms. The molecular formula is C27H26ClN7O2S. The van der Waals surface area contributed by atoms with Gasteiger partial charge < -0.3 is 10.2 Å². The molecule has 1 saturated heterocycles. The molecule has 1 N–H and O–H groups in total. The van der Waals surface area contributed by atoms with Crippen molar-refractivity contribution in [3.8, 4) is 0 Å². The number of ketones is 1. The van der Waals surface area contributed by atoms with Crippen LogP contribution in [0.3, 0.4) is 0 Å². The first-order valence-electron chi connectivity index (χ1n) is 12.4. The lowest BCUT2D eigenvalue weighted by atomic mass is 9.98. The Hall–Kier alpha value is -3.76. The molecule has 1 fully saturated rings. The summed E-state index contributed by atoms with van der Waals surface area (Å²) in [5.74, 6) is 1.36. The van der Waals surface area contributed by atoms with Gasteiger partial charge in [0.15, 0.2) is 11.6 Å². The van der Waals surface area contributed by atoms with Crippen molar-refractivity contribution in [1.82, 2.24) is 25.4 Å². The highest BCUT2D eigenvalue weighted by Crippen LogP contribution is 2.32. The van der Waals surface area contributed by atoms with Crippen LogP contribution in [-0.4, -0.2) is 50.2 Å². The zero-order chi connectivity index (χ0) is 26.3. The van der Waals surface area contributed by atoms with E-state index >= 15 is 0 Å². The minimum atomic E-state index is -0.198. The van der Waals surface area contributed by atoms with Crippen LogP contribution >= 0.6 is 22.9 Å². The van der Waals surface area contributed by atoms with Gasteiger partial charge in [0.2, 0.25) is 5.91 Å². The third-order valence-electron chi connectivity index (χ3n) is 6.33. The molecule has 1 aliphatic heterocycles. The number of nitrogens with one attached hydrogen (secondary N) is 1. The third-order valence-corrected chi connectivity index (χ3v) is 7.78. The monoisotopic (exact) mass is 547 g/mol. The first kappa shape index (κ1) is 25.9. The van der Waals surface area contributed by atoms with Crippen molar-refractivity contribution in [3.05, 3.63) is 87.1 Å². The van der Waals surface area contributed by atoms with Gasteiger partial charge in [-0.3, -0.25) is 14.6 Å². The first-order valence-corrected chi connectivity index (χ1v) is 13.6. The highest BCUT2D eigenvalue weighted by molar-refractivity contribution is 7.11. The SMILES string of the molecule is O=C(Cc1ccccn1)Cc1nnc(C2CCN(c3ccc(NC(=O)Cc4ccccc4Cl)nn3)CC2)s1. The standard InChI is InChI=1S/C27H26ClN7O2S/c28-22-7-2-1-5-19(22)15-25(37)30-23-8-9-24(32-31-23)35-13-10-18(11-14-35)27-34-33-26(38-27)17-21(36)16-20-6-3-4-12-29-20/h1-9,12,18H,10-11,13-17H2,(H,30,31,37). The van der Waals surface area contributed by atoms with Crippen LogP contribution < -0.4 is 10.2 Å². The normalized spacial score (nSPS) is 13.9. The summed E-state index contributed by atoms with van der Waals surface area (Å²) in [5.41, 5.74) is 1.53. The van der Waals surface area contributed by atoms with E-state index in [9.17, 15) is 9.59 Å². The minimum absolute atomic E-state index is 0.0864. The van der Waals surface area contributed by atoms with Crippen LogP contribution in [0, 0.1) is 0 Å². The van der Waals surface area contributed by atoms with E-state index in [1.807, 2.05) is 42.5 Å². The van der Waals surface area contributed by atoms with Gasteiger partial charge in [-0.05, 0) is 48.7 Å². The Morgan fingerprint density at radius 1 is 0.921 bits per heavy atom. The number of piperidine rings is 1. The third kappa shape index (κ3) is 6.76. The van der Waals surface area contributed by atoms with E-state index in [0.29, 0.717) is 23.2 Å². The van der Waals surface area contributed by atoms with E-state index in [1.54, 1.807) is 18.3 Å². The van der Waals surface area contributed by atoms with E-state index in [2.05, 4.69) is 35.6 Å². The molecule has 4 aromatic rings. The van der Waals surface area contributed by atoms with Gasteiger partial charge in [0.05, 0.1) is 12.8 Å². The zero-order valence-electron chi connectivity index (χ0n) is 20.6. The van der Waals surface area contributed by atoms with Crippen molar-refractivity contribution in [2.75, 3.05) is 23.3 Å². The van der Waals surface area contributed by atoms with Crippen LogP contribution in [0.5, 0.6) is 0 Å². The van der Waals surface area contributed by atoms with Gasteiger partial charge in [0, 0.05) is 42.3 Å². The number of Topliss-reactive ketones (excluding diaryl/α,β-unsaturated/α-hetero) is 1. The van der Waals surface area contributed by atoms with Crippen LogP contribution in [0.4, 0.5) is 11.6 Å². The Labute approximate surface area is 229 Å². The van der Waals surface area contributed by atoms with Gasteiger partial charge in [-0.2, -0.15) is 0 Å². The fourth-order valence-electron chi connectivity index (χ4n) is 4.36. The lowest BCUT2D eigenvalue weighted by Crippen LogP contribution is -2.33. The molecule has 0 spiro atoms. The second kappa shape index (κ2) is 12.2. The number of hydrogen-bond donors (Lipinski definition) is 1. The number of halogens is 1. The number of amides is 1. The van der Waals surface area contributed by atoms with Gasteiger partial charge in [0.25, 0.3) is 0 Å². The quantitative estimate of drug-likeness (QED) is 0.330. The van der Waals surface area contributed by atoms with Crippen molar-refractivity contribution in [2.24, 2.45) is 0 Å². The maximum absolute atomic E-state index is 12.4. The average molecular weight is 548 g/mol. The number of carbonyl (C=O) groups is 2. The lowest BCUT2D eigenvalue weighted by molar-refractivity contribution is -0.118. The van der Waals surface area contributed by atoms with Crippen molar-refractivity contribution in [1.29, 1.82) is 0 Å².